The van der Waals surface area contributed by atoms with Crippen molar-refractivity contribution in [2.75, 3.05) is 26.2 Å². The second-order valence-electron chi connectivity index (χ2n) is 7.29. The van der Waals surface area contributed by atoms with E-state index < -0.39 is 0 Å². The number of rotatable bonds is 6. The number of nitrogens with one attached hydrogen (secondary N) is 1. The minimum atomic E-state index is 0.197. The highest BCUT2D eigenvalue weighted by Gasteiger charge is 2.30. The smallest absolute Gasteiger partial charge is 0.231 e. The zero-order chi connectivity index (χ0) is 18.4. The van der Waals surface area contributed by atoms with Gasteiger partial charge in [0, 0.05) is 18.7 Å². The van der Waals surface area contributed by atoms with Gasteiger partial charge in [-0.05, 0) is 37.8 Å². The number of piperidine rings is 1. The van der Waals surface area contributed by atoms with Crippen LogP contribution in [0.15, 0.2) is 54.6 Å². The molecule has 0 aromatic heterocycles. The second kappa shape index (κ2) is 9.00. The standard InChI is InChI=1S/C23H30N2O/c1-3-25(4-2)23(26)22-11-8-16-24(18-22)17-19-12-14-21(15-13-19)20-9-6-5-7-10-20/h5-7,9-10,12-15,22H,3-4,8,11,16-18H2,1-2H3/p+1/t22-/m0/s1. The summed E-state index contributed by atoms with van der Waals surface area (Å²) in [7, 11) is 0. The van der Waals surface area contributed by atoms with Crippen LogP contribution in [0.5, 0.6) is 0 Å². The van der Waals surface area contributed by atoms with Crippen molar-refractivity contribution in [3.8, 4) is 11.1 Å². The van der Waals surface area contributed by atoms with Crippen LogP contribution < -0.4 is 4.90 Å². The second-order valence-corrected chi connectivity index (χ2v) is 7.29. The van der Waals surface area contributed by atoms with Crippen molar-refractivity contribution in [1.29, 1.82) is 0 Å². The van der Waals surface area contributed by atoms with Crippen molar-refractivity contribution >= 4 is 5.91 Å². The third-order valence-electron chi connectivity index (χ3n) is 5.56. The number of quaternary nitrogens is 1. The molecule has 0 aliphatic carbocycles. The lowest BCUT2D eigenvalue weighted by Crippen LogP contribution is -3.12. The van der Waals surface area contributed by atoms with Crippen LogP contribution >= 0.6 is 0 Å². The molecule has 0 bridgehead atoms. The maximum absolute atomic E-state index is 12.7. The van der Waals surface area contributed by atoms with E-state index in [0.717, 1.165) is 39.0 Å². The monoisotopic (exact) mass is 351 g/mol. The van der Waals surface area contributed by atoms with Crippen LogP contribution in [0.2, 0.25) is 0 Å². The van der Waals surface area contributed by atoms with E-state index in [-0.39, 0.29) is 5.92 Å². The molecule has 1 N–H and O–H groups in total. The SMILES string of the molecule is CCN(CC)C(=O)[C@H]1CCC[NH+](Cc2ccc(-c3ccccc3)cc2)C1. The summed E-state index contributed by atoms with van der Waals surface area (Å²) in [5, 5.41) is 0. The van der Waals surface area contributed by atoms with Crippen LogP contribution in [0.3, 0.4) is 0 Å². The summed E-state index contributed by atoms with van der Waals surface area (Å²) in [6, 6.07) is 19.4. The van der Waals surface area contributed by atoms with E-state index in [4.69, 9.17) is 0 Å². The van der Waals surface area contributed by atoms with E-state index in [2.05, 4.69) is 62.4 Å². The van der Waals surface area contributed by atoms with Gasteiger partial charge >= 0.3 is 0 Å². The van der Waals surface area contributed by atoms with E-state index in [1.54, 1.807) is 0 Å². The highest BCUT2D eigenvalue weighted by atomic mass is 16.2. The fourth-order valence-electron chi connectivity index (χ4n) is 4.05. The van der Waals surface area contributed by atoms with E-state index in [1.807, 2.05) is 11.0 Å². The predicted octanol–water partition coefficient (Wildman–Crippen LogP) is 3.02. The van der Waals surface area contributed by atoms with Crippen LogP contribution in [0.25, 0.3) is 11.1 Å². The van der Waals surface area contributed by atoms with Gasteiger partial charge in [-0.2, -0.15) is 0 Å². The van der Waals surface area contributed by atoms with Crippen molar-refractivity contribution < 1.29 is 9.69 Å². The first-order valence-corrected chi connectivity index (χ1v) is 9.98. The normalized spacial score (nSPS) is 19.9. The lowest BCUT2D eigenvalue weighted by molar-refractivity contribution is -0.921. The molecule has 1 aliphatic heterocycles. The maximum Gasteiger partial charge on any atom is 0.231 e. The Labute approximate surface area is 157 Å². The van der Waals surface area contributed by atoms with Gasteiger partial charge in [0.25, 0.3) is 0 Å². The molecule has 1 amide bonds. The topological polar surface area (TPSA) is 24.8 Å². The Morgan fingerprint density at radius 2 is 1.65 bits per heavy atom. The quantitative estimate of drug-likeness (QED) is 0.850. The van der Waals surface area contributed by atoms with Gasteiger partial charge in [0.15, 0.2) is 0 Å². The zero-order valence-electron chi connectivity index (χ0n) is 16.1. The highest BCUT2D eigenvalue weighted by Crippen LogP contribution is 2.19. The summed E-state index contributed by atoms with van der Waals surface area (Å²) in [6.07, 6.45) is 2.20. The minimum absolute atomic E-state index is 0.197. The van der Waals surface area contributed by atoms with Crippen LogP contribution in [0, 0.1) is 5.92 Å². The Balaban J connectivity index is 1.61. The van der Waals surface area contributed by atoms with Gasteiger partial charge in [0.1, 0.15) is 6.54 Å². The highest BCUT2D eigenvalue weighted by molar-refractivity contribution is 5.78. The van der Waals surface area contributed by atoms with Gasteiger partial charge in [-0.15, -0.1) is 0 Å². The summed E-state index contributed by atoms with van der Waals surface area (Å²) in [5.74, 6) is 0.550. The third kappa shape index (κ3) is 4.53. The molecule has 0 radical (unpaired) electrons. The Hall–Kier alpha value is -2.13. The molecule has 3 heteroatoms. The number of hydrogen-bond acceptors (Lipinski definition) is 1. The molecule has 26 heavy (non-hydrogen) atoms. The lowest BCUT2D eigenvalue weighted by atomic mass is 9.95. The largest absolute Gasteiger partial charge is 0.343 e. The summed E-state index contributed by atoms with van der Waals surface area (Å²) >= 11 is 0. The van der Waals surface area contributed by atoms with Crippen molar-refractivity contribution in [1.82, 2.24) is 4.90 Å². The van der Waals surface area contributed by atoms with Gasteiger partial charge in [-0.3, -0.25) is 4.79 Å². The number of benzene rings is 2. The number of likely N-dealkylation sites (tertiary alicyclic amines) is 1. The van der Waals surface area contributed by atoms with Crippen molar-refractivity contribution in [2.24, 2.45) is 5.92 Å². The molecule has 3 rings (SSSR count). The predicted molar refractivity (Wildman–Crippen MR) is 107 cm³/mol. The number of carbonyl (C=O) groups excluding carboxylic acids is 1. The van der Waals surface area contributed by atoms with E-state index in [1.165, 1.54) is 28.1 Å². The van der Waals surface area contributed by atoms with E-state index >= 15 is 0 Å². The molecular formula is C23H31N2O+. The first kappa shape index (κ1) is 18.7. The molecule has 1 saturated heterocycles. The molecule has 2 aromatic carbocycles. The first-order chi connectivity index (χ1) is 12.7. The molecule has 1 heterocycles. The Morgan fingerprint density at radius 1 is 1.00 bits per heavy atom. The summed E-state index contributed by atoms with van der Waals surface area (Å²) in [6.45, 7) is 8.94. The van der Waals surface area contributed by atoms with Gasteiger partial charge < -0.3 is 9.80 Å². The molecule has 1 unspecified atom stereocenters. The molecule has 3 nitrogen and oxygen atoms in total. The van der Waals surface area contributed by atoms with Gasteiger partial charge in [-0.25, -0.2) is 0 Å². The van der Waals surface area contributed by atoms with Gasteiger partial charge in [0.2, 0.25) is 5.91 Å². The average Bonchev–Trinajstić information content (AvgIpc) is 2.70. The van der Waals surface area contributed by atoms with E-state index in [9.17, 15) is 4.79 Å². The van der Waals surface area contributed by atoms with Crippen LogP contribution in [-0.4, -0.2) is 37.0 Å². The molecule has 138 valence electrons. The molecular weight excluding hydrogens is 320 g/mol. The number of carbonyl (C=O) groups is 1. The summed E-state index contributed by atoms with van der Waals surface area (Å²) in [4.78, 5) is 16.2. The first-order valence-electron chi connectivity index (χ1n) is 9.98. The van der Waals surface area contributed by atoms with Crippen molar-refractivity contribution in [2.45, 2.75) is 33.2 Å². The van der Waals surface area contributed by atoms with Crippen molar-refractivity contribution in [3.05, 3.63) is 60.2 Å². The molecule has 2 aromatic rings. The fourth-order valence-corrected chi connectivity index (χ4v) is 4.05. The zero-order valence-corrected chi connectivity index (χ0v) is 16.1. The van der Waals surface area contributed by atoms with Gasteiger partial charge in [-0.1, -0.05) is 54.6 Å². The minimum Gasteiger partial charge on any atom is -0.343 e. The van der Waals surface area contributed by atoms with E-state index in [0.29, 0.717) is 5.91 Å². The Kier molecular flexibility index (Phi) is 6.45. The van der Waals surface area contributed by atoms with Crippen LogP contribution in [0.4, 0.5) is 0 Å². The third-order valence-corrected chi connectivity index (χ3v) is 5.56. The Bertz CT molecular complexity index is 692. The molecule has 1 aliphatic rings. The van der Waals surface area contributed by atoms with Crippen LogP contribution in [0.1, 0.15) is 32.3 Å². The maximum atomic E-state index is 12.7. The van der Waals surface area contributed by atoms with Crippen LogP contribution in [-0.2, 0) is 11.3 Å². The fraction of sp³-hybridized carbons (Fsp3) is 0.435. The number of amides is 1. The lowest BCUT2D eigenvalue weighted by Gasteiger charge is -2.32. The molecule has 2 atom stereocenters. The molecule has 1 fully saturated rings. The number of hydrogen-bond donors (Lipinski definition) is 1. The molecule has 0 saturated carbocycles. The summed E-state index contributed by atoms with van der Waals surface area (Å²) < 4.78 is 0. The average molecular weight is 352 g/mol. The number of nitrogens with zero attached hydrogens (tertiary/aromatic N) is 1. The summed E-state index contributed by atoms with van der Waals surface area (Å²) in [5.41, 5.74) is 3.88. The van der Waals surface area contributed by atoms with Gasteiger partial charge in [0.05, 0.1) is 19.0 Å². The van der Waals surface area contributed by atoms with Crippen molar-refractivity contribution in [3.63, 3.8) is 0 Å². The molecule has 0 spiro atoms. The Morgan fingerprint density at radius 3 is 2.31 bits per heavy atom.